The zero-order valence-electron chi connectivity index (χ0n) is 23.7. The molecule has 7 N–H and O–H groups in total. The Balaban J connectivity index is 1.67. The normalized spacial score (nSPS) is 32.8. The molecule has 2 aromatic rings. The third-order valence-electron chi connectivity index (χ3n) is 7.84. The van der Waals surface area contributed by atoms with Crippen LogP contribution in [0.4, 0.5) is 0 Å². The summed E-state index contributed by atoms with van der Waals surface area (Å²) in [6.07, 6.45) is -6.01. The Kier molecular flexibility index (Phi) is 5.60. The number of aliphatic hydroxyl groups excluding tert-OH is 2. The van der Waals surface area contributed by atoms with E-state index in [1.807, 2.05) is 0 Å². The summed E-state index contributed by atoms with van der Waals surface area (Å²) in [5, 5.41) is 54.8. The number of benzene rings is 2. The first-order valence-electron chi connectivity index (χ1n) is 13.7. The van der Waals surface area contributed by atoms with Crippen LogP contribution in [0.25, 0.3) is 0 Å². The van der Waals surface area contributed by atoms with Gasteiger partial charge in [-0.05, 0) is 19.9 Å². The molecule has 11 nitrogen and oxygen atoms in total. The number of aromatic hydroxyl groups is 2. The first-order chi connectivity index (χ1) is 19.0. The highest BCUT2D eigenvalue weighted by Crippen LogP contribution is 2.52. The van der Waals surface area contributed by atoms with Crippen molar-refractivity contribution in [2.75, 3.05) is 7.04 Å². The molecule has 204 valence electrons. The minimum atomic E-state index is -2.95. The molecule has 3 aliphatic rings. The van der Waals surface area contributed by atoms with Gasteiger partial charge in [-0.15, -0.1) is 0 Å². The lowest BCUT2D eigenvalue weighted by molar-refractivity contribution is -0.250. The molecule has 11 heteroatoms. The summed E-state index contributed by atoms with van der Waals surface area (Å²) < 4.78 is 39.1. The maximum Gasteiger partial charge on any atom is 0.202 e. The van der Waals surface area contributed by atoms with Crippen LogP contribution in [0.1, 0.15) is 79.9 Å². The van der Waals surface area contributed by atoms with E-state index in [2.05, 4.69) is 0 Å². The van der Waals surface area contributed by atoms with Crippen molar-refractivity contribution in [3.05, 3.63) is 51.6 Å². The van der Waals surface area contributed by atoms with Crippen LogP contribution >= 0.6 is 0 Å². The van der Waals surface area contributed by atoms with Crippen LogP contribution in [0.15, 0.2) is 18.2 Å². The Morgan fingerprint density at radius 2 is 1.89 bits per heavy atom. The van der Waals surface area contributed by atoms with E-state index < -0.39 is 101 Å². The maximum absolute atomic E-state index is 13.8. The summed E-state index contributed by atoms with van der Waals surface area (Å²) in [5.74, 6) is -3.67. The number of phenolic OH excluding ortho intramolecular Hbond substituents is 2. The van der Waals surface area contributed by atoms with Crippen molar-refractivity contribution in [1.29, 1.82) is 0 Å². The minimum absolute atomic E-state index is 0.0305. The van der Waals surface area contributed by atoms with Crippen molar-refractivity contribution in [2.45, 2.75) is 75.5 Å². The van der Waals surface area contributed by atoms with Crippen molar-refractivity contribution in [1.82, 2.24) is 0 Å². The Morgan fingerprint density at radius 1 is 1.18 bits per heavy atom. The second-order valence-corrected chi connectivity index (χ2v) is 10.2. The molecule has 38 heavy (non-hydrogen) atoms. The third-order valence-corrected chi connectivity index (χ3v) is 7.84. The van der Waals surface area contributed by atoms with Crippen molar-refractivity contribution in [3.63, 3.8) is 0 Å². The van der Waals surface area contributed by atoms with Crippen LogP contribution in [-0.2, 0) is 15.9 Å². The van der Waals surface area contributed by atoms with Crippen LogP contribution < -0.4 is 10.5 Å². The molecule has 2 aromatic carbocycles. The number of hydrogen-bond donors (Lipinski definition) is 6. The number of methoxy groups -OCH3 is 1. The number of ketones is 2. The molecule has 5 rings (SSSR count). The van der Waals surface area contributed by atoms with E-state index in [1.165, 1.54) is 25.1 Å². The van der Waals surface area contributed by atoms with Gasteiger partial charge in [0.1, 0.15) is 17.2 Å². The molecule has 0 radical (unpaired) electrons. The van der Waals surface area contributed by atoms with Crippen LogP contribution in [-0.4, -0.2) is 80.4 Å². The second kappa shape index (κ2) is 9.30. The topological polar surface area (TPSA) is 189 Å². The van der Waals surface area contributed by atoms with E-state index in [1.54, 1.807) is 6.92 Å². The highest BCUT2D eigenvalue weighted by molar-refractivity contribution is 6.31. The summed E-state index contributed by atoms with van der Waals surface area (Å²) >= 11 is 0. The molecule has 0 bridgehead atoms. The number of aliphatic hydroxyl groups is 3. The third kappa shape index (κ3) is 3.89. The molecule has 7 atom stereocenters. The fourth-order valence-corrected chi connectivity index (χ4v) is 5.65. The zero-order chi connectivity index (χ0) is 30.2. The Labute approximate surface area is 222 Å². The molecule has 0 amide bonds. The van der Waals surface area contributed by atoms with Gasteiger partial charge < -0.3 is 45.5 Å². The summed E-state index contributed by atoms with van der Waals surface area (Å²) in [6, 6.07) is 3.05. The molecule has 1 fully saturated rings. The fourth-order valence-electron chi connectivity index (χ4n) is 5.65. The number of hydrogen-bond acceptors (Lipinski definition) is 11. The standard InChI is InChI=1S/C27H31NO10/c1-10-22(30)14(28)7-17(37-10)38-16-9-27(35,11(2)29)8-13-19(16)26(34)21-20(24(13)32)23(31)12-5-4-6-15(36-3)18(12)25(21)33/h4-6,10-11,14,16-17,22,29-30,32,34-35H,7-9,28H2,1-3H3/t10-,11?,14-,16-,17-,22+,27-/m0/s1/i3+1D3. The van der Waals surface area contributed by atoms with Gasteiger partial charge in [0.05, 0.1) is 57.9 Å². The minimum Gasteiger partial charge on any atom is -0.507 e. The molecule has 1 heterocycles. The number of ether oxygens (including phenoxy) is 3. The van der Waals surface area contributed by atoms with E-state index >= 15 is 0 Å². The first-order valence-corrected chi connectivity index (χ1v) is 12.2. The quantitative estimate of drug-likeness (QED) is 0.206. The number of fused-ring (bicyclic) bond motifs is 3. The van der Waals surface area contributed by atoms with Gasteiger partial charge in [-0.3, -0.25) is 9.59 Å². The van der Waals surface area contributed by atoms with Gasteiger partial charge >= 0.3 is 0 Å². The zero-order valence-corrected chi connectivity index (χ0v) is 20.7. The molecule has 1 unspecified atom stereocenters. The molecule has 1 saturated heterocycles. The molecule has 1 aliphatic heterocycles. The number of rotatable bonds is 4. The number of carbonyl (C=O) groups is 2. The van der Waals surface area contributed by atoms with Gasteiger partial charge in [0.2, 0.25) is 5.78 Å². The van der Waals surface area contributed by atoms with Crippen LogP contribution in [0.5, 0.6) is 17.2 Å². The van der Waals surface area contributed by atoms with Gasteiger partial charge in [-0.1, -0.05) is 12.1 Å². The molecular weight excluding hydrogens is 499 g/mol. The van der Waals surface area contributed by atoms with Crippen LogP contribution in [0.3, 0.4) is 0 Å². The summed E-state index contributed by atoms with van der Waals surface area (Å²) in [6.45, 7) is 2.92. The predicted molar refractivity (Wildman–Crippen MR) is 131 cm³/mol. The molecule has 0 spiro atoms. The average molecular weight is 534 g/mol. The summed E-state index contributed by atoms with van der Waals surface area (Å²) in [4.78, 5) is 27.4. The number of nitrogens with two attached hydrogens (primary N) is 1. The lowest BCUT2D eigenvalue weighted by Gasteiger charge is -2.43. The maximum atomic E-state index is 13.8. The molecular formula is C27H31NO10. The highest BCUT2D eigenvalue weighted by atomic mass is 16.7. The van der Waals surface area contributed by atoms with Gasteiger partial charge in [0.25, 0.3) is 0 Å². The van der Waals surface area contributed by atoms with Gasteiger partial charge in [0.15, 0.2) is 12.1 Å². The van der Waals surface area contributed by atoms with E-state index in [9.17, 15) is 35.1 Å². The summed E-state index contributed by atoms with van der Waals surface area (Å²) in [7, 11) is -2.95. The Bertz CT molecular complexity index is 1420. The van der Waals surface area contributed by atoms with Crippen molar-refractivity contribution >= 4 is 11.6 Å². The average Bonchev–Trinajstić information content (AvgIpc) is 2.86. The SMILES string of the molecule is [2H][13C]([2H])([2H])Oc1cccc2c1C(=O)c1c(O)c3c(c(O)c1C2=O)C[C@@](O)(C(C)O)C[C@@H]3O[C@H]1C[C@H](N)[C@H](O)[C@H](C)O1. The van der Waals surface area contributed by atoms with Crippen molar-refractivity contribution in [3.8, 4) is 17.2 Å². The predicted octanol–water partition coefficient (Wildman–Crippen LogP) is 0.821. The molecule has 0 saturated carbocycles. The molecule has 2 aliphatic carbocycles. The first kappa shape index (κ1) is 22.9. The van der Waals surface area contributed by atoms with Crippen molar-refractivity contribution < 1.29 is 53.4 Å². The van der Waals surface area contributed by atoms with E-state index in [-0.39, 0.29) is 29.5 Å². The van der Waals surface area contributed by atoms with E-state index in [4.69, 9.17) is 24.1 Å². The lowest BCUT2D eigenvalue weighted by atomic mass is 9.71. The van der Waals surface area contributed by atoms with Gasteiger partial charge in [0, 0.05) is 42.0 Å². The summed E-state index contributed by atoms with van der Waals surface area (Å²) in [5.41, 5.74) is 2.16. The fraction of sp³-hybridized carbons (Fsp3) is 0.481. The Morgan fingerprint density at radius 3 is 2.55 bits per heavy atom. The number of phenols is 2. The second-order valence-electron chi connectivity index (χ2n) is 10.2. The number of carbonyl (C=O) groups excluding carboxylic acids is 2. The largest absolute Gasteiger partial charge is 0.507 e. The lowest BCUT2D eigenvalue weighted by Crippen LogP contribution is -2.53. The van der Waals surface area contributed by atoms with Crippen LogP contribution in [0, 0.1) is 0 Å². The highest BCUT2D eigenvalue weighted by Gasteiger charge is 2.49. The Hall–Kier alpha value is -3.06. The molecule has 0 aromatic heterocycles. The van der Waals surface area contributed by atoms with Gasteiger partial charge in [-0.25, -0.2) is 0 Å². The van der Waals surface area contributed by atoms with E-state index in [0.29, 0.717) is 0 Å². The van der Waals surface area contributed by atoms with E-state index in [0.717, 1.165) is 0 Å². The smallest absolute Gasteiger partial charge is 0.202 e. The monoisotopic (exact) mass is 533 g/mol. The van der Waals surface area contributed by atoms with Crippen molar-refractivity contribution in [2.24, 2.45) is 5.73 Å². The van der Waals surface area contributed by atoms with Gasteiger partial charge in [-0.2, -0.15) is 0 Å². The van der Waals surface area contributed by atoms with Crippen LogP contribution in [0.2, 0.25) is 0 Å².